The number of hydrogen-bond donors (Lipinski definition) is 2. The van der Waals surface area contributed by atoms with Gasteiger partial charge in [0.05, 0.1) is 20.8 Å². The number of hydrogen-bond acceptors (Lipinski definition) is 4. The van der Waals surface area contributed by atoms with Gasteiger partial charge < -0.3 is 20.1 Å². The fourth-order valence-electron chi connectivity index (χ4n) is 2.72. The maximum atomic E-state index is 12.4. The Kier molecular flexibility index (Phi) is 6.69. The zero-order valence-corrected chi connectivity index (χ0v) is 15.3. The van der Waals surface area contributed by atoms with Gasteiger partial charge in [0, 0.05) is 17.4 Å². The first-order chi connectivity index (χ1) is 12.1. The Labute approximate surface area is 149 Å². The van der Waals surface area contributed by atoms with E-state index in [0.717, 1.165) is 35.3 Å². The van der Waals surface area contributed by atoms with Gasteiger partial charge in [-0.25, -0.2) is 0 Å². The number of nitrogens with one attached hydrogen (secondary N) is 2. The van der Waals surface area contributed by atoms with E-state index in [4.69, 9.17) is 9.47 Å². The summed E-state index contributed by atoms with van der Waals surface area (Å²) in [5.41, 5.74) is 4.04. The molecule has 0 aliphatic heterocycles. The van der Waals surface area contributed by atoms with Crippen LogP contribution in [0.25, 0.3) is 0 Å². The van der Waals surface area contributed by atoms with Crippen LogP contribution in [0.3, 0.4) is 0 Å². The minimum Gasteiger partial charge on any atom is -0.493 e. The molecule has 0 radical (unpaired) electrons. The average molecular weight is 342 g/mol. The van der Waals surface area contributed by atoms with Crippen LogP contribution in [0.4, 0.5) is 11.4 Å². The van der Waals surface area contributed by atoms with Crippen LogP contribution in [0.15, 0.2) is 36.4 Å². The summed E-state index contributed by atoms with van der Waals surface area (Å²) in [6, 6.07) is 11.6. The van der Waals surface area contributed by atoms with Crippen LogP contribution in [0.5, 0.6) is 11.5 Å². The Balaban J connectivity index is 2.04. The van der Waals surface area contributed by atoms with Crippen molar-refractivity contribution in [3.8, 4) is 11.5 Å². The Hall–Kier alpha value is -2.69. The van der Waals surface area contributed by atoms with E-state index in [1.807, 2.05) is 18.2 Å². The van der Waals surface area contributed by atoms with Crippen molar-refractivity contribution in [2.75, 3.05) is 31.4 Å². The van der Waals surface area contributed by atoms with Gasteiger partial charge >= 0.3 is 0 Å². The molecule has 0 atom stereocenters. The van der Waals surface area contributed by atoms with Crippen molar-refractivity contribution in [2.45, 2.75) is 26.7 Å². The Bertz CT molecular complexity index is 707. The number of methoxy groups -OCH3 is 2. The zero-order valence-electron chi connectivity index (χ0n) is 15.3. The molecule has 0 bridgehead atoms. The Morgan fingerprint density at radius 3 is 2.16 bits per heavy atom. The van der Waals surface area contributed by atoms with Gasteiger partial charge in [0.1, 0.15) is 0 Å². The molecule has 0 aliphatic carbocycles. The lowest BCUT2D eigenvalue weighted by atomic mass is 10.0. The number of para-hydroxylation sites is 1. The molecule has 25 heavy (non-hydrogen) atoms. The molecule has 5 nitrogen and oxygen atoms in total. The van der Waals surface area contributed by atoms with Crippen LogP contribution >= 0.6 is 0 Å². The van der Waals surface area contributed by atoms with Crippen molar-refractivity contribution in [3.63, 3.8) is 0 Å². The third kappa shape index (κ3) is 4.66. The van der Waals surface area contributed by atoms with Crippen LogP contribution in [0.2, 0.25) is 0 Å². The van der Waals surface area contributed by atoms with Gasteiger partial charge in [0.2, 0.25) is 5.91 Å². The number of carbonyl (C=O) groups excluding carboxylic acids is 1. The Morgan fingerprint density at radius 1 is 0.960 bits per heavy atom. The average Bonchev–Trinajstić information content (AvgIpc) is 2.66. The maximum Gasteiger partial charge on any atom is 0.243 e. The highest BCUT2D eigenvalue weighted by molar-refractivity contribution is 5.95. The quantitative estimate of drug-likeness (QED) is 0.764. The fourth-order valence-corrected chi connectivity index (χ4v) is 2.72. The van der Waals surface area contributed by atoms with Crippen LogP contribution in [-0.2, 0) is 17.6 Å². The summed E-state index contributed by atoms with van der Waals surface area (Å²) in [4.78, 5) is 12.4. The van der Waals surface area contributed by atoms with Gasteiger partial charge in [-0.1, -0.05) is 32.0 Å². The third-order valence-electron chi connectivity index (χ3n) is 4.10. The molecule has 5 heteroatoms. The standard InChI is InChI=1S/C20H26N2O3/c1-5-14-8-7-9-15(6-2)20(14)22-19(23)13-21-16-10-11-17(24-3)18(12-16)25-4/h7-12,21H,5-6,13H2,1-4H3,(H,22,23). The normalized spacial score (nSPS) is 10.2. The molecule has 1 amide bonds. The second kappa shape index (κ2) is 8.97. The predicted molar refractivity (Wildman–Crippen MR) is 102 cm³/mol. The van der Waals surface area contributed by atoms with E-state index in [-0.39, 0.29) is 12.5 Å². The van der Waals surface area contributed by atoms with Crippen molar-refractivity contribution >= 4 is 17.3 Å². The molecule has 2 rings (SSSR count). The Morgan fingerprint density at radius 2 is 1.60 bits per heavy atom. The number of anilines is 2. The molecule has 0 aliphatic rings. The SMILES string of the molecule is CCc1cccc(CC)c1NC(=O)CNc1ccc(OC)c(OC)c1. The number of carbonyl (C=O) groups is 1. The lowest BCUT2D eigenvalue weighted by molar-refractivity contribution is -0.114. The molecule has 0 fully saturated rings. The van der Waals surface area contributed by atoms with E-state index in [9.17, 15) is 4.79 Å². The predicted octanol–water partition coefficient (Wildman–Crippen LogP) is 3.88. The van der Waals surface area contributed by atoms with E-state index in [1.165, 1.54) is 0 Å². The van der Waals surface area contributed by atoms with Crippen LogP contribution in [0.1, 0.15) is 25.0 Å². The topological polar surface area (TPSA) is 59.6 Å². The number of rotatable bonds is 8. The van der Waals surface area contributed by atoms with Crippen molar-refractivity contribution in [1.29, 1.82) is 0 Å². The number of ether oxygens (including phenoxy) is 2. The zero-order chi connectivity index (χ0) is 18.2. The molecule has 134 valence electrons. The smallest absolute Gasteiger partial charge is 0.243 e. The molecule has 2 aromatic carbocycles. The molecule has 0 spiro atoms. The molecular formula is C20H26N2O3. The van der Waals surface area contributed by atoms with Gasteiger partial charge in [0.25, 0.3) is 0 Å². The summed E-state index contributed by atoms with van der Waals surface area (Å²) < 4.78 is 10.5. The summed E-state index contributed by atoms with van der Waals surface area (Å²) >= 11 is 0. The van der Waals surface area contributed by atoms with E-state index >= 15 is 0 Å². The van der Waals surface area contributed by atoms with E-state index < -0.39 is 0 Å². The van der Waals surface area contributed by atoms with Gasteiger partial charge in [-0.15, -0.1) is 0 Å². The summed E-state index contributed by atoms with van der Waals surface area (Å²) in [6.07, 6.45) is 1.76. The summed E-state index contributed by atoms with van der Waals surface area (Å²) in [5, 5.41) is 6.16. The first-order valence-electron chi connectivity index (χ1n) is 8.49. The van der Waals surface area contributed by atoms with Crippen molar-refractivity contribution < 1.29 is 14.3 Å². The molecule has 2 N–H and O–H groups in total. The molecule has 0 aromatic heterocycles. The summed E-state index contributed by atoms with van der Waals surface area (Å²) in [7, 11) is 3.18. The van der Waals surface area contributed by atoms with Crippen molar-refractivity contribution in [2.24, 2.45) is 0 Å². The van der Waals surface area contributed by atoms with Gasteiger partial charge in [0.15, 0.2) is 11.5 Å². The highest BCUT2D eigenvalue weighted by Crippen LogP contribution is 2.29. The summed E-state index contributed by atoms with van der Waals surface area (Å²) in [6.45, 7) is 4.36. The number of aryl methyl sites for hydroxylation is 2. The van der Waals surface area contributed by atoms with E-state index in [1.54, 1.807) is 20.3 Å². The minimum absolute atomic E-state index is 0.0783. The maximum absolute atomic E-state index is 12.4. The highest BCUT2D eigenvalue weighted by Gasteiger charge is 2.10. The highest BCUT2D eigenvalue weighted by atomic mass is 16.5. The third-order valence-corrected chi connectivity index (χ3v) is 4.10. The molecule has 0 saturated heterocycles. The molecule has 0 unspecified atom stereocenters. The van der Waals surface area contributed by atoms with E-state index in [2.05, 4.69) is 36.6 Å². The minimum atomic E-state index is -0.0783. The van der Waals surface area contributed by atoms with Crippen molar-refractivity contribution in [3.05, 3.63) is 47.5 Å². The van der Waals surface area contributed by atoms with Crippen molar-refractivity contribution in [1.82, 2.24) is 0 Å². The van der Waals surface area contributed by atoms with Crippen LogP contribution in [-0.4, -0.2) is 26.7 Å². The monoisotopic (exact) mass is 342 g/mol. The molecule has 2 aromatic rings. The first-order valence-corrected chi connectivity index (χ1v) is 8.49. The van der Waals surface area contributed by atoms with Crippen LogP contribution in [0, 0.1) is 0 Å². The van der Waals surface area contributed by atoms with Gasteiger partial charge in [-0.3, -0.25) is 4.79 Å². The second-order valence-corrected chi connectivity index (χ2v) is 5.63. The first kappa shape index (κ1) is 18.6. The second-order valence-electron chi connectivity index (χ2n) is 5.63. The van der Waals surface area contributed by atoms with Gasteiger partial charge in [-0.2, -0.15) is 0 Å². The summed E-state index contributed by atoms with van der Waals surface area (Å²) in [5.74, 6) is 1.20. The largest absolute Gasteiger partial charge is 0.493 e. The lowest BCUT2D eigenvalue weighted by Gasteiger charge is -2.15. The number of amides is 1. The van der Waals surface area contributed by atoms with E-state index in [0.29, 0.717) is 11.5 Å². The fraction of sp³-hybridized carbons (Fsp3) is 0.350. The molecule has 0 saturated carbocycles. The molecule has 0 heterocycles. The van der Waals surface area contributed by atoms with Gasteiger partial charge in [-0.05, 0) is 36.1 Å². The molecular weight excluding hydrogens is 316 g/mol. The lowest BCUT2D eigenvalue weighted by Crippen LogP contribution is -2.23. The van der Waals surface area contributed by atoms with Crippen LogP contribution < -0.4 is 20.1 Å². The number of benzene rings is 2.